The lowest BCUT2D eigenvalue weighted by atomic mass is 9.80. The molecule has 0 N–H and O–H groups in total. The van der Waals surface area contributed by atoms with Crippen LogP contribution in [0.2, 0.25) is 0 Å². The summed E-state index contributed by atoms with van der Waals surface area (Å²) in [7, 11) is 1.65. The average molecular weight is 380 g/mol. The predicted octanol–water partition coefficient (Wildman–Crippen LogP) is 5.48. The molecular weight excluding hydrogens is 364 g/mol. The number of rotatable bonds is 1. The van der Waals surface area contributed by atoms with Crippen LogP contribution >= 0.6 is 11.3 Å². The van der Waals surface area contributed by atoms with Crippen molar-refractivity contribution in [2.75, 3.05) is 7.05 Å². The molecule has 7 heteroatoms. The van der Waals surface area contributed by atoms with Gasteiger partial charge in [0.15, 0.2) is 11.6 Å². The summed E-state index contributed by atoms with van der Waals surface area (Å²) in [6, 6.07) is 5.20. The van der Waals surface area contributed by atoms with Gasteiger partial charge < -0.3 is 0 Å². The maximum atomic E-state index is 15.0. The van der Waals surface area contributed by atoms with E-state index in [0.29, 0.717) is 15.8 Å². The second kappa shape index (κ2) is 5.50. The van der Waals surface area contributed by atoms with E-state index < -0.39 is 29.1 Å². The van der Waals surface area contributed by atoms with E-state index in [9.17, 15) is 17.6 Å². The Bertz CT molecular complexity index is 1010. The Labute approximate surface area is 152 Å². The summed E-state index contributed by atoms with van der Waals surface area (Å²) in [5, 5.41) is 2.09. The molecule has 3 heterocycles. The van der Waals surface area contributed by atoms with E-state index in [-0.39, 0.29) is 11.1 Å². The third kappa shape index (κ3) is 2.16. The van der Waals surface area contributed by atoms with Crippen molar-refractivity contribution < 1.29 is 17.6 Å². The second-order valence-corrected chi connectivity index (χ2v) is 7.99. The topological polar surface area (TPSA) is 16.1 Å². The minimum atomic E-state index is -3.01. The summed E-state index contributed by atoms with van der Waals surface area (Å²) >= 11 is 1.26. The predicted molar refractivity (Wildman–Crippen MR) is 93.6 cm³/mol. The molecule has 0 spiro atoms. The van der Waals surface area contributed by atoms with E-state index >= 15 is 0 Å². The van der Waals surface area contributed by atoms with E-state index in [1.807, 2.05) is 0 Å². The Hall–Kier alpha value is -1.99. The van der Waals surface area contributed by atoms with Gasteiger partial charge in [-0.25, -0.2) is 8.78 Å². The van der Waals surface area contributed by atoms with Crippen molar-refractivity contribution in [2.45, 2.75) is 31.4 Å². The van der Waals surface area contributed by atoms with Crippen LogP contribution in [0, 0.1) is 11.6 Å². The molecule has 3 aromatic rings. The lowest BCUT2D eigenvalue weighted by Gasteiger charge is -2.49. The highest BCUT2D eigenvalue weighted by Crippen LogP contribution is 2.54. The fourth-order valence-corrected chi connectivity index (χ4v) is 4.62. The fourth-order valence-electron chi connectivity index (χ4n) is 3.52. The molecule has 2 nitrogen and oxygen atoms in total. The number of hydrogen-bond acceptors (Lipinski definition) is 3. The van der Waals surface area contributed by atoms with Gasteiger partial charge in [0.05, 0.1) is 11.6 Å². The van der Waals surface area contributed by atoms with E-state index in [1.165, 1.54) is 43.5 Å². The van der Waals surface area contributed by atoms with Crippen LogP contribution < -0.4 is 0 Å². The molecule has 0 saturated carbocycles. The van der Waals surface area contributed by atoms with Gasteiger partial charge in [-0.3, -0.25) is 9.88 Å². The van der Waals surface area contributed by atoms with Crippen molar-refractivity contribution in [3.8, 4) is 0 Å². The molecule has 2 aromatic heterocycles. The van der Waals surface area contributed by atoms with Gasteiger partial charge >= 0.3 is 0 Å². The van der Waals surface area contributed by atoms with Crippen LogP contribution in [0.4, 0.5) is 17.6 Å². The summed E-state index contributed by atoms with van der Waals surface area (Å²) in [6.45, 7) is 3.01. The van der Waals surface area contributed by atoms with Gasteiger partial charge in [-0.15, -0.1) is 11.3 Å². The normalized spacial score (nSPS) is 21.7. The minimum absolute atomic E-state index is 0.0148. The van der Waals surface area contributed by atoms with Gasteiger partial charge in [0.1, 0.15) is 5.52 Å². The van der Waals surface area contributed by atoms with E-state index in [4.69, 9.17) is 0 Å². The number of pyridine rings is 1. The Kier molecular flexibility index (Phi) is 3.69. The molecular formula is C19H16F4N2S. The highest BCUT2D eigenvalue weighted by Gasteiger charge is 2.58. The molecule has 1 aliphatic heterocycles. The molecule has 0 aliphatic carbocycles. The number of halogens is 4. The number of benzene rings is 1. The first-order valence-corrected chi connectivity index (χ1v) is 8.96. The first-order chi connectivity index (χ1) is 12.2. The summed E-state index contributed by atoms with van der Waals surface area (Å²) in [6.07, 6.45) is 1.44. The highest BCUT2D eigenvalue weighted by molar-refractivity contribution is 7.10. The van der Waals surface area contributed by atoms with Crippen LogP contribution in [0.15, 0.2) is 35.8 Å². The van der Waals surface area contributed by atoms with Gasteiger partial charge in [0, 0.05) is 22.0 Å². The number of hydrogen-bond donors (Lipinski definition) is 0. The second-order valence-electron chi connectivity index (χ2n) is 7.05. The summed E-state index contributed by atoms with van der Waals surface area (Å²) in [5.41, 5.74) is -0.808. The molecule has 0 radical (unpaired) electrons. The summed E-state index contributed by atoms with van der Waals surface area (Å²) < 4.78 is 57.2. The number of aromatic nitrogens is 1. The fraction of sp³-hybridized carbons (Fsp3) is 0.316. The van der Waals surface area contributed by atoms with Crippen molar-refractivity contribution in [1.29, 1.82) is 0 Å². The minimum Gasteiger partial charge on any atom is -0.283 e. The Morgan fingerprint density at radius 2 is 1.88 bits per heavy atom. The monoisotopic (exact) mass is 380 g/mol. The molecule has 0 saturated heterocycles. The molecule has 4 rings (SSSR count). The standard InChI is InChI=1S/C19H16F4N2S/c1-18(2)19(22,23)12-6-7-26-17(12)16(25(18)3)11-8-10-4-5-13(20)14(21)15(10)24-9-11/h4-9,16H,1-3H3. The van der Waals surface area contributed by atoms with Crippen LogP contribution in [-0.2, 0) is 5.92 Å². The third-order valence-corrected chi connectivity index (χ3v) is 6.37. The maximum absolute atomic E-state index is 15.0. The number of alkyl halides is 2. The quantitative estimate of drug-likeness (QED) is 0.520. The summed E-state index contributed by atoms with van der Waals surface area (Å²) in [4.78, 5) is 6.23. The maximum Gasteiger partial charge on any atom is 0.291 e. The Morgan fingerprint density at radius 3 is 2.62 bits per heavy atom. The Morgan fingerprint density at radius 1 is 1.15 bits per heavy atom. The van der Waals surface area contributed by atoms with Gasteiger partial charge in [0.2, 0.25) is 0 Å². The van der Waals surface area contributed by atoms with Crippen LogP contribution in [-0.4, -0.2) is 22.5 Å². The van der Waals surface area contributed by atoms with Crippen LogP contribution in [0.5, 0.6) is 0 Å². The zero-order valence-electron chi connectivity index (χ0n) is 14.4. The van der Waals surface area contributed by atoms with Crippen molar-refractivity contribution >= 4 is 22.2 Å². The molecule has 1 atom stereocenters. The van der Waals surface area contributed by atoms with Crippen LogP contribution in [0.3, 0.4) is 0 Å². The largest absolute Gasteiger partial charge is 0.291 e. The first-order valence-electron chi connectivity index (χ1n) is 8.08. The molecule has 1 aliphatic rings. The third-order valence-electron chi connectivity index (χ3n) is 5.40. The Balaban J connectivity index is 1.93. The van der Waals surface area contributed by atoms with E-state index in [1.54, 1.807) is 23.4 Å². The van der Waals surface area contributed by atoms with Crippen molar-refractivity contribution in [1.82, 2.24) is 9.88 Å². The van der Waals surface area contributed by atoms with Gasteiger partial charge in [-0.05, 0) is 56.1 Å². The van der Waals surface area contributed by atoms with E-state index in [0.717, 1.165) is 6.07 Å². The first kappa shape index (κ1) is 17.4. The molecule has 0 amide bonds. The average Bonchev–Trinajstić information content (AvgIpc) is 3.07. The summed E-state index contributed by atoms with van der Waals surface area (Å²) in [5.74, 6) is -4.98. The zero-order chi connectivity index (χ0) is 18.9. The molecule has 0 fully saturated rings. The number of likely N-dealkylation sites (N-methyl/N-ethyl adjacent to an activating group) is 1. The lowest BCUT2D eigenvalue weighted by molar-refractivity contribution is -0.149. The van der Waals surface area contributed by atoms with Crippen molar-refractivity contribution in [3.05, 3.63) is 63.5 Å². The number of nitrogens with zero attached hydrogens (tertiary/aromatic N) is 2. The molecule has 1 unspecified atom stereocenters. The highest BCUT2D eigenvalue weighted by atomic mass is 32.1. The molecule has 0 bridgehead atoms. The van der Waals surface area contributed by atoms with Crippen LogP contribution in [0.1, 0.15) is 35.9 Å². The molecule has 26 heavy (non-hydrogen) atoms. The van der Waals surface area contributed by atoms with Gasteiger partial charge in [-0.2, -0.15) is 8.78 Å². The van der Waals surface area contributed by atoms with Gasteiger partial charge in [-0.1, -0.05) is 0 Å². The van der Waals surface area contributed by atoms with E-state index in [2.05, 4.69) is 4.98 Å². The number of thiophene rings is 1. The van der Waals surface area contributed by atoms with Gasteiger partial charge in [0.25, 0.3) is 5.92 Å². The smallest absolute Gasteiger partial charge is 0.283 e. The molecule has 136 valence electrons. The van der Waals surface area contributed by atoms with Crippen molar-refractivity contribution in [3.63, 3.8) is 0 Å². The van der Waals surface area contributed by atoms with Crippen molar-refractivity contribution in [2.24, 2.45) is 0 Å². The van der Waals surface area contributed by atoms with Crippen LogP contribution in [0.25, 0.3) is 10.9 Å². The molecule has 1 aromatic carbocycles. The zero-order valence-corrected chi connectivity index (χ0v) is 15.2. The SMILES string of the molecule is CN1C(c2cnc3c(F)c(F)ccc3c2)c2sccc2C(F)(F)C1(C)C. The number of fused-ring (bicyclic) bond motifs is 2. The lowest BCUT2D eigenvalue weighted by Crippen LogP contribution is -2.57.